The number of nitrogens with two attached hydrogens (primary N) is 1. The van der Waals surface area contributed by atoms with Gasteiger partial charge in [0, 0.05) is 15.7 Å². The van der Waals surface area contributed by atoms with Crippen molar-refractivity contribution in [1.82, 2.24) is 0 Å². The maximum absolute atomic E-state index is 13.9. The average Bonchev–Trinajstić information content (AvgIpc) is 2.39. The summed E-state index contributed by atoms with van der Waals surface area (Å²) < 4.78 is 14.6. The van der Waals surface area contributed by atoms with E-state index in [-0.39, 0.29) is 5.56 Å². The molecule has 1 unspecified atom stereocenters. The van der Waals surface area contributed by atoms with Gasteiger partial charge in [0.25, 0.3) is 0 Å². The van der Waals surface area contributed by atoms with Crippen LogP contribution >= 0.6 is 15.9 Å². The molecule has 0 fully saturated rings. The van der Waals surface area contributed by atoms with Crippen molar-refractivity contribution in [3.63, 3.8) is 0 Å². The molecule has 2 aromatic carbocycles. The van der Waals surface area contributed by atoms with E-state index in [0.717, 1.165) is 5.56 Å². The smallest absolute Gasteiger partial charge is 0.244 e. The number of rotatable bonds is 4. The molecule has 0 bridgehead atoms. The minimum Gasteiger partial charge on any atom is -0.370 e. The van der Waals surface area contributed by atoms with Crippen molar-refractivity contribution in [2.45, 2.75) is 13.0 Å². The number of nitrogens with one attached hydrogen (secondary N) is 1. The van der Waals surface area contributed by atoms with E-state index in [2.05, 4.69) is 21.2 Å². The summed E-state index contributed by atoms with van der Waals surface area (Å²) in [6.45, 7) is 1.93. The lowest BCUT2D eigenvalue weighted by Gasteiger charge is -2.18. The van der Waals surface area contributed by atoms with E-state index in [9.17, 15) is 9.18 Å². The summed E-state index contributed by atoms with van der Waals surface area (Å²) >= 11 is 3.26. The molecular formula is C15H14BrFN2O. The van der Waals surface area contributed by atoms with Crippen LogP contribution < -0.4 is 11.1 Å². The summed E-state index contributed by atoms with van der Waals surface area (Å²) in [5.41, 5.74) is 7.36. The number of hydrogen-bond donors (Lipinski definition) is 2. The summed E-state index contributed by atoms with van der Waals surface area (Å²) in [6, 6.07) is 11.0. The minimum absolute atomic E-state index is 0.216. The third-order valence-corrected chi connectivity index (χ3v) is 3.38. The van der Waals surface area contributed by atoms with E-state index in [1.54, 1.807) is 18.2 Å². The van der Waals surface area contributed by atoms with Gasteiger partial charge in [-0.2, -0.15) is 0 Å². The van der Waals surface area contributed by atoms with E-state index < -0.39 is 17.8 Å². The van der Waals surface area contributed by atoms with Crippen LogP contribution in [0, 0.1) is 12.7 Å². The van der Waals surface area contributed by atoms with Gasteiger partial charge in [0.1, 0.15) is 11.9 Å². The fourth-order valence-corrected chi connectivity index (χ4v) is 2.32. The molecule has 0 radical (unpaired) electrons. The van der Waals surface area contributed by atoms with E-state index in [1.165, 1.54) is 6.07 Å². The molecule has 1 atom stereocenters. The normalized spacial score (nSPS) is 11.9. The molecule has 0 aliphatic rings. The van der Waals surface area contributed by atoms with Crippen LogP contribution in [0.1, 0.15) is 17.2 Å². The number of hydrogen-bond acceptors (Lipinski definition) is 2. The number of benzene rings is 2. The summed E-state index contributed by atoms with van der Waals surface area (Å²) in [4.78, 5) is 11.6. The molecule has 104 valence electrons. The fraction of sp³-hybridized carbons (Fsp3) is 0.133. The summed E-state index contributed by atoms with van der Waals surface area (Å²) in [7, 11) is 0. The number of halogens is 2. The number of amides is 1. The first-order valence-corrected chi connectivity index (χ1v) is 6.84. The molecule has 0 aliphatic heterocycles. The molecule has 0 saturated carbocycles. The van der Waals surface area contributed by atoms with Gasteiger partial charge in [-0.25, -0.2) is 4.39 Å². The highest BCUT2D eigenvalue weighted by Crippen LogP contribution is 2.25. The minimum atomic E-state index is -0.922. The topological polar surface area (TPSA) is 55.1 Å². The predicted octanol–water partition coefficient (Wildman–Crippen LogP) is 3.54. The summed E-state index contributed by atoms with van der Waals surface area (Å²) in [5.74, 6) is -1.11. The van der Waals surface area contributed by atoms with Crippen LogP contribution in [0.3, 0.4) is 0 Å². The lowest BCUT2D eigenvalue weighted by molar-refractivity contribution is -0.118. The van der Waals surface area contributed by atoms with E-state index in [0.29, 0.717) is 10.2 Å². The Kier molecular flexibility index (Phi) is 4.39. The summed E-state index contributed by atoms with van der Waals surface area (Å²) in [5, 5.41) is 2.97. The zero-order chi connectivity index (χ0) is 14.7. The zero-order valence-corrected chi connectivity index (χ0v) is 12.4. The molecule has 5 heteroatoms. The van der Waals surface area contributed by atoms with E-state index in [4.69, 9.17) is 5.73 Å². The van der Waals surface area contributed by atoms with Crippen molar-refractivity contribution in [2.75, 3.05) is 5.32 Å². The van der Waals surface area contributed by atoms with Crippen molar-refractivity contribution >= 4 is 27.5 Å². The van der Waals surface area contributed by atoms with Gasteiger partial charge in [-0.1, -0.05) is 28.1 Å². The third kappa shape index (κ3) is 3.36. The van der Waals surface area contributed by atoms with E-state index in [1.807, 2.05) is 25.1 Å². The first-order chi connectivity index (χ1) is 9.47. The molecule has 2 aromatic rings. The molecule has 0 aromatic heterocycles. The second kappa shape index (κ2) is 6.05. The Balaban J connectivity index is 2.37. The molecule has 20 heavy (non-hydrogen) atoms. The van der Waals surface area contributed by atoms with Gasteiger partial charge < -0.3 is 11.1 Å². The van der Waals surface area contributed by atoms with Crippen LogP contribution in [-0.4, -0.2) is 5.91 Å². The Morgan fingerprint density at radius 3 is 2.70 bits per heavy atom. The maximum Gasteiger partial charge on any atom is 0.244 e. The monoisotopic (exact) mass is 336 g/mol. The van der Waals surface area contributed by atoms with Gasteiger partial charge in [0.15, 0.2) is 0 Å². The quantitative estimate of drug-likeness (QED) is 0.897. The number of primary amides is 1. The number of aryl methyl sites for hydroxylation is 1. The average molecular weight is 337 g/mol. The Labute approximate surface area is 125 Å². The van der Waals surface area contributed by atoms with Gasteiger partial charge in [-0.05, 0) is 42.8 Å². The van der Waals surface area contributed by atoms with Crippen LogP contribution in [0.4, 0.5) is 10.1 Å². The molecule has 0 aliphatic carbocycles. The van der Waals surface area contributed by atoms with Gasteiger partial charge in [-0.3, -0.25) is 4.79 Å². The molecule has 1 amide bonds. The molecule has 2 rings (SSSR count). The van der Waals surface area contributed by atoms with E-state index >= 15 is 0 Å². The molecule has 3 nitrogen and oxygen atoms in total. The first kappa shape index (κ1) is 14.5. The highest BCUT2D eigenvalue weighted by atomic mass is 79.9. The van der Waals surface area contributed by atoms with Gasteiger partial charge in [-0.15, -0.1) is 0 Å². The van der Waals surface area contributed by atoms with Crippen molar-refractivity contribution in [2.24, 2.45) is 5.73 Å². The van der Waals surface area contributed by atoms with Crippen LogP contribution in [0.5, 0.6) is 0 Å². The molecular weight excluding hydrogens is 323 g/mol. The molecule has 0 spiro atoms. The number of carbonyl (C=O) groups excluding carboxylic acids is 1. The van der Waals surface area contributed by atoms with Crippen LogP contribution in [0.15, 0.2) is 46.9 Å². The highest BCUT2D eigenvalue weighted by molar-refractivity contribution is 9.10. The Morgan fingerprint density at radius 1 is 1.30 bits per heavy atom. The zero-order valence-electron chi connectivity index (χ0n) is 10.9. The molecule has 3 N–H and O–H groups in total. The number of carbonyl (C=O) groups is 1. The largest absolute Gasteiger partial charge is 0.370 e. The van der Waals surface area contributed by atoms with Crippen LogP contribution in [-0.2, 0) is 4.79 Å². The standard InChI is InChI=1S/C15H14BrFN2O/c1-9-3-2-4-11(7-9)19-14(15(18)20)12-8-10(16)5-6-13(12)17/h2-8,14,19H,1H3,(H2,18,20). The number of anilines is 1. The molecule has 0 heterocycles. The van der Waals surface area contributed by atoms with Gasteiger partial charge >= 0.3 is 0 Å². The van der Waals surface area contributed by atoms with Crippen molar-refractivity contribution in [3.05, 3.63) is 63.9 Å². The van der Waals surface area contributed by atoms with Crippen LogP contribution in [0.2, 0.25) is 0 Å². The Bertz CT molecular complexity index is 646. The Morgan fingerprint density at radius 2 is 2.05 bits per heavy atom. The predicted molar refractivity (Wildman–Crippen MR) is 80.8 cm³/mol. The molecule has 0 saturated heterocycles. The fourth-order valence-electron chi connectivity index (χ4n) is 1.94. The van der Waals surface area contributed by atoms with Gasteiger partial charge in [0.05, 0.1) is 0 Å². The lowest BCUT2D eigenvalue weighted by atomic mass is 10.0. The SMILES string of the molecule is Cc1cccc(NC(C(N)=O)c2cc(Br)ccc2F)c1. The lowest BCUT2D eigenvalue weighted by Crippen LogP contribution is -2.28. The van der Waals surface area contributed by atoms with Crippen molar-refractivity contribution in [3.8, 4) is 0 Å². The van der Waals surface area contributed by atoms with Crippen LogP contribution in [0.25, 0.3) is 0 Å². The first-order valence-electron chi connectivity index (χ1n) is 6.05. The second-order valence-corrected chi connectivity index (χ2v) is 5.43. The highest BCUT2D eigenvalue weighted by Gasteiger charge is 2.21. The van der Waals surface area contributed by atoms with Gasteiger partial charge in [0.2, 0.25) is 5.91 Å². The second-order valence-electron chi connectivity index (χ2n) is 4.52. The Hall–Kier alpha value is -1.88. The third-order valence-electron chi connectivity index (χ3n) is 2.88. The van der Waals surface area contributed by atoms with Crippen molar-refractivity contribution in [1.29, 1.82) is 0 Å². The maximum atomic E-state index is 13.9. The summed E-state index contributed by atoms with van der Waals surface area (Å²) in [6.07, 6.45) is 0. The van der Waals surface area contributed by atoms with Crippen molar-refractivity contribution < 1.29 is 9.18 Å².